The first kappa shape index (κ1) is 15.8. The van der Waals surface area contributed by atoms with E-state index in [0.29, 0.717) is 0 Å². The van der Waals surface area contributed by atoms with E-state index < -0.39 is 30.7 Å². The molecule has 5 N–H and O–H groups in total. The second-order valence-electron chi connectivity index (χ2n) is 4.59. The number of aliphatic hydroxyl groups is 5. The van der Waals surface area contributed by atoms with E-state index in [0.717, 1.165) is 0 Å². The van der Waals surface area contributed by atoms with Crippen molar-refractivity contribution in [2.45, 2.75) is 6.92 Å². The van der Waals surface area contributed by atoms with Crippen molar-refractivity contribution in [2.24, 2.45) is 10.8 Å². The monoisotopic (exact) mass is 238 g/mol. The van der Waals surface area contributed by atoms with E-state index >= 15 is 0 Å². The van der Waals surface area contributed by atoms with Crippen LogP contribution in [0.5, 0.6) is 0 Å². The first-order valence-electron chi connectivity index (χ1n) is 5.13. The van der Waals surface area contributed by atoms with Crippen LogP contribution in [0.2, 0.25) is 0 Å². The molecule has 98 valence electrons. The quantitative estimate of drug-likeness (QED) is 0.316. The third-order valence-corrected chi connectivity index (χ3v) is 2.63. The maximum Gasteiger partial charge on any atom is 0.0629 e. The van der Waals surface area contributed by atoms with E-state index in [9.17, 15) is 0 Å². The van der Waals surface area contributed by atoms with Gasteiger partial charge in [-0.15, -0.1) is 0 Å². The second kappa shape index (κ2) is 7.16. The molecule has 0 rings (SSSR count). The van der Waals surface area contributed by atoms with Gasteiger partial charge in [0.1, 0.15) is 0 Å². The average molecular weight is 238 g/mol. The van der Waals surface area contributed by atoms with Crippen LogP contribution in [0.15, 0.2) is 0 Å². The third-order valence-electron chi connectivity index (χ3n) is 2.63. The molecule has 0 aromatic rings. The molecule has 0 amide bonds. The highest BCUT2D eigenvalue weighted by Crippen LogP contribution is 2.19. The topological polar surface area (TPSA) is 110 Å². The molecule has 0 spiro atoms. The molecule has 0 aromatic carbocycles. The van der Waals surface area contributed by atoms with Gasteiger partial charge < -0.3 is 30.3 Å². The largest absolute Gasteiger partial charge is 0.396 e. The minimum atomic E-state index is -1.08. The Kier molecular flexibility index (Phi) is 7.05. The lowest BCUT2D eigenvalue weighted by atomic mass is 9.91. The van der Waals surface area contributed by atoms with Gasteiger partial charge in [-0.25, -0.2) is 0 Å². The number of rotatable bonds is 9. The van der Waals surface area contributed by atoms with Crippen LogP contribution in [-0.2, 0) is 4.74 Å². The van der Waals surface area contributed by atoms with E-state index in [4.69, 9.17) is 30.3 Å². The van der Waals surface area contributed by atoms with Crippen molar-refractivity contribution in [3.8, 4) is 0 Å². The summed E-state index contributed by atoms with van der Waals surface area (Å²) in [5.41, 5.74) is -1.84. The minimum Gasteiger partial charge on any atom is -0.396 e. The van der Waals surface area contributed by atoms with Crippen LogP contribution >= 0.6 is 0 Å². The Labute approximate surface area is 95.1 Å². The highest BCUT2D eigenvalue weighted by atomic mass is 16.5. The van der Waals surface area contributed by atoms with Crippen molar-refractivity contribution in [3.63, 3.8) is 0 Å². The molecule has 0 aromatic heterocycles. The molecule has 0 atom stereocenters. The van der Waals surface area contributed by atoms with Gasteiger partial charge in [0.25, 0.3) is 0 Å². The Morgan fingerprint density at radius 1 is 0.750 bits per heavy atom. The summed E-state index contributed by atoms with van der Waals surface area (Å²) in [5.74, 6) is 0. The van der Waals surface area contributed by atoms with Gasteiger partial charge in [0.15, 0.2) is 0 Å². The molecule has 0 bridgehead atoms. The summed E-state index contributed by atoms with van der Waals surface area (Å²) in [4.78, 5) is 0. The number of hydrogen-bond donors (Lipinski definition) is 5. The Bertz CT molecular complexity index is 168. The van der Waals surface area contributed by atoms with Crippen molar-refractivity contribution in [1.29, 1.82) is 0 Å². The van der Waals surface area contributed by atoms with Gasteiger partial charge >= 0.3 is 0 Å². The fourth-order valence-electron chi connectivity index (χ4n) is 0.942. The van der Waals surface area contributed by atoms with E-state index in [1.807, 2.05) is 0 Å². The maximum atomic E-state index is 9.02. The lowest BCUT2D eigenvalue weighted by molar-refractivity contribution is -0.0871. The van der Waals surface area contributed by atoms with Gasteiger partial charge in [-0.05, 0) is 0 Å². The smallest absolute Gasteiger partial charge is 0.0629 e. The van der Waals surface area contributed by atoms with Crippen LogP contribution in [0.4, 0.5) is 0 Å². The van der Waals surface area contributed by atoms with Gasteiger partial charge in [0.05, 0.1) is 51.7 Å². The fourth-order valence-corrected chi connectivity index (χ4v) is 0.942. The van der Waals surface area contributed by atoms with Crippen molar-refractivity contribution < 1.29 is 30.3 Å². The van der Waals surface area contributed by atoms with Crippen molar-refractivity contribution >= 4 is 0 Å². The lowest BCUT2D eigenvalue weighted by Crippen LogP contribution is -2.41. The first-order valence-corrected chi connectivity index (χ1v) is 5.13. The average Bonchev–Trinajstić information content (AvgIpc) is 2.35. The summed E-state index contributed by atoms with van der Waals surface area (Å²) in [5, 5.41) is 45.1. The van der Waals surface area contributed by atoms with Crippen molar-refractivity contribution in [1.82, 2.24) is 0 Å². The van der Waals surface area contributed by atoms with Crippen molar-refractivity contribution in [3.05, 3.63) is 0 Å². The molecule has 16 heavy (non-hydrogen) atoms. The van der Waals surface area contributed by atoms with Crippen LogP contribution in [0.1, 0.15) is 6.92 Å². The molecule has 0 radical (unpaired) electrons. The zero-order chi connectivity index (χ0) is 12.7. The third kappa shape index (κ3) is 4.32. The van der Waals surface area contributed by atoms with Crippen LogP contribution in [0, 0.1) is 10.8 Å². The molecule has 0 saturated heterocycles. The number of hydrogen-bond acceptors (Lipinski definition) is 6. The molecular weight excluding hydrogens is 216 g/mol. The molecule has 0 aliphatic heterocycles. The lowest BCUT2D eigenvalue weighted by Gasteiger charge is -2.30. The summed E-state index contributed by atoms with van der Waals surface area (Å²) in [7, 11) is 0. The minimum absolute atomic E-state index is 0.0356. The summed E-state index contributed by atoms with van der Waals surface area (Å²) in [6.45, 7) is 0.0556. The van der Waals surface area contributed by atoms with E-state index in [1.54, 1.807) is 6.92 Å². The molecule has 0 fully saturated rings. The Morgan fingerprint density at radius 3 is 1.50 bits per heavy atom. The van der Waals surface area contributed by atoms with Gasteiger partial charge in [0, 0.05) is 5.41 Å². The molecule has 0 saturated carbocycles. The Morgan fingerprint density at radius 2 is 1.19 bits per heavy atom. The number of aliphatic hydroxyl groups excluding tert-OH is 5. The molecular formula is C10H22O6. The molecule has 0 unspecified atom stereocenters. The van der Waals surface area contributed by atoms with E-state index in [-0.39, 0.29) is 26.4 Å². The predicted molar refractivity (Wildman–Crippen MR) is 56.8 cm³/mol. The zero-order valence-corrected chi connectivity index (χ0v) is 9.59. The summed E-state index contributed by atoms with van der Waals surface area (Å²) in [6.07, 6.45) is 0. The van der Waals surface area contributed by atoms with E-state index in [2.05, 4.69) is 0 Å². The van der Waals surface area contributed by atoms with Crippen LogP contribution in [-0.4, -0.2) is 71.8 Å². The Balaban J connectivity index is 4.13. The Hall–Kier alpha value is -0.240. The standard InChI is InChI=1S/C10H22O6/c1-9(2-11,3-12)7-16-8-10(4-13,5-14)6-15/h11-15H,2-8H2,1H3. The molecule has 6 heteroatoms. The second-order valence-corrected chi connectivity index (χ2v) is 4.59. The van der Waals surface area contributed by atoms with Gasteiger partial charge in [-0.3, -0.25) is 0 Å². The van der Waals surface area contributed by atoms with Crippen LogP contribution < -0.4 is 0 Å². The highest BCUT2D eigenvalue weighted by Gasteiger charge is 2.30. The molecule has 0 aliphatic rings. The van der Waals surface area contributed by atoms with Gasteiger partial charge in [-0.2, -0.15) is 0 Å². The number of ether oxygens (including phenoxy) is 1. The molecule has 0 aliphatic carbocycles. The van der Waals surface area contributed by atoms with Crippen LogP contribution in [0.25, 0.3) is 0 Å². The normalized spacial score (nSPS) is 13.1. The van der Waals surface area contributed by atoms with Crippen LogP contribution in [0.3, 0.4) is 0 Å². The SMILES string of the molecule is CC(CO)(CO)COCC(CO)(CO)CO. The van der Waals surface area contributed by atoms with Crippen molar-refractivity contribution in [2.75, 3.05) is 46.2 Å². The summed E-state index contributed by atoms with van der Waals surface area (Å²) >= 11 is 0. The van der Waals surface area contributed by atoms with Gasteiger partial charge in [0.2, 0.25) is 0 Å². The fraction of sp³-hybridized carbons (Fsp3) is 1.00. The zero-order valence-electron chi connectivity index (χ0n) is 9.59. The summed E-state index contributed by atoms with van der Waals surface area (Å²) < 4.78 is 5.22. The summed E-state index contributed by atoms with van der Waals surface area (Å²) in [6, 6.07) is 0. The molecule has 0 heterocycles. The molecule has 6 nitrogen and oxygen atoms in total. The van der Waals surface area contributed by atoms with Gasteiger partial charge in [-0.1, -0.05) is 6.92 Å². The predicted octanol–water partition coefficient (Wildman–Crippen LogP) is -2.04. The first-order chi connectivity index (χ1) is 7.51. The maximum absolute atomic E-state index is 9.02. The van der Waals surface area contributed by atoms with E-state index in [1.165, 1.54) is 0 Å². The highest BCUT2D eigenvalue weighted by molar-refractivity contribution is 4.78.